The van der Waals surface area contributed by atoms with Crippen molar-refractivity contribution in [3.8, 4) is 11.8 Å². The van der Waals surface area contributed by atoms with Crippen LogP contribution in [0.5, 0.6) is 5.75 Å². The highest BCUT2D eigenvalue weighted by atomic mass is 16.5. The maximum Gasteiger partial charge on any atom is 0.275 e. The monoisotopic (exact) mass is 345 g/mol. The largest absolute Gasteiger partial charge is 0.495 e. The third-order valence-electron chi connectivity index (χ3n) is 3.50. The predicted molar refractivity (Wildman–Crippen MR) is 97.4 cm³/mol. The van der Waals surface area contributed by atoms with Gasteiger partial charge in [0.1, 0.15) is 17.3 Å². The lowest BCUT2D eigenvalue weighted by Crippen LogP contribution is -2.14. The summed E-state index contributed by atoms with van der Waals surface area (Å²) >= 11 is 0. The van der Waals surface area contributed by atoms with Crippen molar-refractivity contribution in [3.63, 3.8) is 0 Å². The number of carbonyl (C=O) groups is 1. The van der Waals surface area contributed by atoms with Crippen LogP contribution in [0.1, 0.15) is 16.1 Å². The number of methoxy groups -OCH3 is 1. The van der Waals surface area contributed by atoms with Crippen LogP contribution in [0, 0.1) is 11.3 Å². The second-order valence-electron chi connectivity index (χ2n) is 5.26. The summed E-state index contributed by atoms with van der Waals surface area (Å²) in [6.45, 7) is 0. The van der Waals surface area contributed by atoms with Crippen molar-refractivity contribution >= 4 is 23.1 Å². The Morgan fingerprint density at radius 2 is 1.96 bits per heavy atom. The summed E-state index contributed by atoms with van der Waals surface area (Å²) in [5, 5.41) is 14.7. The third-order valence-corrected chi connectivity index (χ3v) is 3.50. The normalized spacial score (nSPS) is 9.85. The summed E-state index contributed by atoms with van der Waals surface area (Å²) < 4.78 is 5.20. The summed E-state index contributed by atoms with van der Waals surface area (Å²) in [7, 11) is 1.53. The lowest BCUT2D eigenvalue weighted by atomic mass is 10.2. The minimum Gasteiger partial charge on any atom is -0.495 e. The zero-order valence-electron chi connectivity index (χ0n) is 13.9. The average Bonchev–Trinajstić information content (AvgIpc) is 2.69. The van der Waals surface area contributed by atoms with Gasteiger partial charge in [0, 0.05) is 5.69 Å². The summed E-state index contributed by atoms with van der Waals surface area (Å²) in [4.78, 5) is 20.6. The van der Waals surface area contributed by atoms with E-state index >= 15 is 0 Å². The predicted octanol–water partition coefficient (Wildman–Crippen LogP) is 3.35. The number of para-hydroxylation sites is 2. The molecule has 7 nitrogen and oxygen atoms in total. The number of hydrogen-bond acceptors (Lipinski definition) is 6. The highest BCUT2D eigenvalue weighted by molar-refractivity contribution is 6.03. The van der Waals surface area contributed by atoms with Crippen LogP contribution in [0.3, 0.4) is 0 Å². The molecule has 26 heavy (non-hydrogen) atoms. The van der Waals surface area contributed by atoms with Crippen LogP contribution in [-0.2, 0) is 0 Å². The quantitative estimate of drug-likeness (QED) is 0.735. The number of carbonyl (C=O) groups excluding carboxylic acids is 1. The van der Waals surface area contributed by atoms with E-state index in [1.807, 2.05) is 12.1 Å². The van der Waals surface area contributed by atoms with Crippen molar-refractivity contribution in [2.45, 2.75) is 0 Å². The molecule has 1 aromatic heterocycles. The zero-order valence-corrected chi connectivity index (χ0v) is 13.9. The SMILES string of the molecule is COc1ccccc1NC(=O)c1cnc(Nc2cccc(C#N)c2)cn1. The van der Waals surface area contributed by atoms with E-state index in [0.717, 1.165) is 0 Å². The molecule has 1 heterocycles. The Balaban J connectivity index is 1.70. The van der Waals surface area contributed by atoms with Crippen LogP contribution < -0.4 is 15.4 Å². The van der Waals surface area contributed by atoms with E-state index in [1.54, 1.807) is 36.4 Å². The molecule has 7 heteroatoms. The van der Waals surface area contributed by atoms with Crippen LogP contribution in [0.25, 0.3) is 0 Å². The van der Waals surface area contributed by atoms with Gasteiger partial charge in [-0.1, -0.05) is 18.2 Å². The Bertz CT molecular complexity index is 964. The number of aromatic nitrogens is 2. The molecule has 0 saturated carbocycles. The van der Waals surface area contributed by atoms with Gasteiger partial charge < -0.3 is 15.4 Å². The fraction of sp³-hybridized carbons (Fsp3) is 0.0526. The molecule has 0 bridgehead atoms. The van der Waals surface area contributed by atoms with Gasteiger partial charge in [0.25, 0.3) is 5.91 Å². The highest BCUT2D eigenvalue weighted by Gasteiger charge is 2.11. The minimum absolute atomic E-state index is 0.173. The standard InChI is InChI=1S/C19H15N5O2/c1-26-17-8-3-2-7-15(17)24-19(25)16-11-22-18(12-21-16)23-14-6-4-5-13(9-14)10-20/h2-9,11-12H,1H3,(H,22,23)(H,24,25). The lowest BCUT2D eigenvalue weighted by Gasteiger charge is -2.10. The molecule has 0 atom stereocenters. The van der Waals surface area contributed by atoms with Gasteiger partial charge in [-0.3, -0.25) is 4.79 Å². The fourth-order valence-electron chi connectivity index (χ4n) is 2.26. The van der Waals surface area contributed by atoms with E-state index in [9.17, 15) is 4.79 Å². The van der Waals surface area contributed by atoms with Crippen molar-refractivity contribution < 1.29 is 9.53 Å². The van der Waals surface area contributed by atoms with E-state index in [0.29, 0.717) is 28.5 Å². The molecule has 0 spiro atoms. The number of rotatable bonds is 5. The number of anilines is 3. The Labute approximate surface area is 150 Å². The smallest absolute Gasteiger partial charge is 0.275 e. The molecule has 2 aromatic carbocycles. The van der Waals surface area contributed by atoms with Gasteiger partial charge in [-0.15, -0.1) is 0 Å². The molecule has 0 aliphatic carbocycles. The first-order chi connectivity index (χ1) is 12.7. The second-order valence-corrected chi connectivity index (χ2v) is 5.26. The van der Waals surface area contributed by atoms with E-state index < -0.39 is 0 Å². The molecule has 2 N–H and O–H groups in total. The molecule has 0 saturated heterocycles. The molecule has 0 fully saturated rings. The topological polar surface area (TPSA) is 99.9 Å². The van der Waals surface area contributed by atoms with Crippen LogP contribution in [0.15, 0.2) is 60.9 Å². The first-order valence-electron chi connectivity index (χ1n) is 7.73. The van der Waals surface area contributed by atoms with E-state index in [1.165, 1.54) is 19.5 Å². The maximum absolute atomic E-state index is 12.3. The Kier molecular flexibility index (Phi) is 5.05. The first-order valence-corrected chi connectivity index (χ1v) is 7.73. The summed E-state index contributed by atoms with van der Waals surface area (Å²) in [5.74, 6) is 0.637. The molecule has 0 aliphatic heterocycles. The van der Waals surface area contributed by atoms with Crippen molar-refractivity contribution in [2.24, 2.45) is 0 Å². The minimum atomic E-state index is -0.389. The number of ether oxygens (including phenoxy) is 1. The van der Waals surface area contributed by atoms with Gasteiger partial charge in [-0.2, -0.15) is 5.26 Å². The van der Waals surface area contributed by atoms with Gasteiger partial charge in [0.2, 0.25) is 0 Å². The fourth-order valence-corrected chi connectivity index (χ4v) is 2.26. The number of nitrogens with zero attached hydrogens (tertiary/aromatic N) is 3. The van der Waals surface area contributed by atoms with Crippen LogP contribution in [0.2, 0.25) is 0 Å². The Hall–Kier alpha value is -3.92. The van der Waals surface area contributed by atoms with Crippen molar-refractivity contribution in [1.82, 2.24) is 9.97 Å². The summed E-state index contributed by atoms with van der Waals surface area (Å²) in [6.07, 6.45) is 2.83. The molecule has 3 aromatic rings. The van der Waals surface area contributed by atoms with Gasteiger partial charge in [0.15, 0.2) is 0 Å². The Morgan fingerprint density at radius 1 is 1.12 bits per heavy atom. The van der Waals surface area contributed by atoms with Gasteiger partial charge in [-0.05, 0) is 30.3 Å². The molecule has 0 aliphatic rings. The van der Waals surface area contributed by atoms with Gasteiger partial charge in [0.05, 0.1) is 36.8 Å². The number of nitriles is 1. The number of amides is 1. The maximum atomic E-state index is 12.3. The average molecular weight is 345 g/mol. The number of hydrogen-bond donors (Lipinski definition) is 2. The molecular formula is C19H15N5O2. The third kappa shape index (κ3) is 3.94. The summed E-state index contributed by atoms with van der Waals surface area (Å²) in [6, 6.07) is 16.2. The molecule has 0 radical (unpaired) electrons. The number of nitrogens with one attached hydrogen (secondary N) is 2. The molecule has 3 rings (SSSR count). The van der Waals surface area contributed by atoms with Crippen LogP contribution >= 0.6 is 0 Å². The van der Waals surface area contributed by atoms with Crippen molar-refractivity contribution in [3.05, 3.63) is 72.2 Å². The number of benzene rings is 2. The van der Waals surface area contributed by atoms with Gasteiger partial charge in [-0.25, -0.2) is 9.97 Å². The molecule has 128 valence electrons. The zero-order chi connectivity index (χ0) is 18.4. The van der Waals surface area contributed by atoms with E-state index in [4.69, 9.17) is 10.00 Å². The molecule has 0 unspecified atom stereocenters. The molecule has 1 amide bonds. The van der Waals surface area contributed by atoms with E-state index in [2.05, 4.69) is 26.7 Å². The van der Waals surface area contributed by atoms with Crippen molar-refractivity contribution in [1.29, 1.82) is 5.26 Å². The van der Waals surface area contributed by atoms with E-state index in [-0.39, 0.29) is 11.6 Å². The van der Waals surface area contributed by atoms with Crippen LogP contribution in [0.4, 0.5) is 17.2 Å². The lowest BCUT2D eigenvalue weighted by molar-refractivity contribution is 0.102. The highest BCUT2D eigenvalue weighted by Crippen LogP contribution is 2.23. The molecular weight excluding hydrogens is 330 g/mol. The second kappa shape index (κ2) is 7.77. The van der Waals surface area contributed by atoms with Crippen molar-refractivity contribution in [2.75, 3.05) is 17.7 Å². The van der Waals surface area contributed by atoms with Gasteiger partial charge >= 0.3 is 0 Å². The summed E-state index contributed by atoms with van der Waals surface area (Å²) in [5.41, 5.74) is 1.98. The van der Waals surface area contributed by atoms with Crippen LogP contribution in [-0.4, -0.2) is 23.0 Å². The Morgan fingerprint density at radius 3 is 2.69 bits per heavy atom. The first kappa shape index (κ1) is 16.9.